The Hall–Kier alpha value is 2.07. The first-order chi connectivity index (χ1) is 0. The first-order valence-electron chi connectivity index (χ1n) is 0. The molecule has 0 radical (unpaired) electrons. The van der Waals surface area contributed by atoms with Crippen LogP contribution in [0.4, 0.5) is 0 Å². The Balaban J connectivity index is 0. The summed E-state index contributed by atoms with van der Waals surface area (Å²) in [6.07, 6.45) is 0. The molecule has 24 valence electrons. The van der Waals surface area contributed by atoms with E-state index in [2.05, 4.69) is 0 Å². The fourth-order valence-corrected chi connectivity index (χ4v) is 0. The largest absolute Gasteiger partial charge is 2.00 e. The van der Waals surface area contributed by atoms with Crippen LogP contribution in [0.2, 0.25) is 0 Å². The minimum absolute atomic E-state index is 0. The molecule has 0 unspecified atom stereocenters. The number of halogens is 2. The van der Waals surface area contributed by atoms with Gasteiger partial charge in [0.25, 0.3) is 0 Å². The van der Waals surface area contributed by atoms with Gasteiger partial charge in [-0.25, -0.2) is 0 Å². The predicted molar refractivity (Wildman–Crippen MR) is 12.2 cm³/mol. The molecule has 0 bridgehead atoms. The first-order valence-corrected chi connectivity index (χ1v) is 0. The van der Waals surface area contributed by atoms with Crippen LogP contribution in [0.15, 0.2) is 0 Å². The van der Waals surface area contributed by atoms with Gasteiger partial charge in [-0.1, -0.05) is 0 Å². The van der Waals surface area contributed by atoms with E-state index >= 15 is 0 Å². The molecule has 5 heteroatoms. The number of rotatable bonds is 0. The summed E-state index contributed by atoms with van der Waals surface area (Å²) in [5.41, 5.74) is 0. The molecule has 0 aliphatic carbocycles. The molecule has 0 aliphatic rings. The summed E-state index contributed by atoms with van der Waals surface area (Å²) in [4.78, 5) is 0. The van der Waals surface area contributed by atoms with Crippen LogP contribution >= 0.6 is 0 Å². The second kappa shape index (κ2) is 36.4. The molecule has 0 aromatic rings. The van der Waals surface area contributed by atoms with Crippen molar-refractivity contribution in [3.8, 4) is 0 Å². The SMILES string of the molecule is [Cl-].[Cl-].[Mg+2].[Mg+2].[O-2]. The molecular weight excluding hydrogens is 136 g/mol. The van der Waals surface area contributed by atoms with Crippen molar-refractivity contribution in [2.75, 3.05) is 0 Å². The van der Waals surface area contributed by atoms with Gasteiger partial charge in [-0.05, 0) is 0 Å². The zero-order valence-corrected chi connectivity index (χ0v) is 6.92. The molecule has 0 rings (SSSR count). The molecule has 0 fully saturated rings. The summed E-state index contributed by atoms with van der Waals surface area (Å²) < 4.78 is 0. The molecule has 0 saturated carbocycles. The second-order valence-corrected chi connectivity index (χ2v) is 0. The van der Waals surface area contributed by atoms with E-state index in [1.165, 1.54) is 0 Å². The first kappa shape index (κ1) is 60.7. The summed E-state index contributed by atoms with van der Waals surface area (Å²) in [7, 11) is 0. The Morgan fingerprint density at radius 1 is 0.600 bits per heavy atom. The molecule has 0 aromatic carbocycles. The van der Waals surface area contributed by atoms with Crippen molar-refractivity contribution < 1.29 is 30.3 Å². The minimum Gasteiger partial charge on any atom is -2.00 e. The van der Waals surface area contributed by atoms with E-state index in [1.807, 2.05) is 0 Å². The van der Waals surface area contributed by atoms with Crippen LogP contribution < -0.4 is 24.8 Å². The standard InChI is InChI=1S/2ClH.2Mg.O/h2*1H;;;/q;;2*+2;-2/p-2. The van der Waals surface area contributed by atoms with E-state index in [0.717, 1.165) is 0 Å². The van der Waals surface area contributed by atoms with Crippen molar-refractivity contribution in [2.24, 2.45) is 0 Å². The van der Waals surface area contributed by atoms with Gasteiger partial charge in [0.15, 0.2) is 0 Å². The average Bonchev–Trinajstić information content (AvgIpc) is 0. The number of hydrogen-bond acceptors (Lipinski definition) is 0. The zero-order valence-electron chi connectivity index (χ0n) is 2.58. The molecule has 1 nitrogen and oxygen atoms in total. The smallest absolute Gasteiger partial charge is 2.00 e. The van der Waals surface area contributed by atoms with E-state index in [-0.39, 0.29) is 76.4 Å². The third-order valence-electron chi connectivity index (χ3n) is 0. The van der Waals surface area contributed by atoms with E-state index in [0.29, 0.717) is 0 Å². The Bertz CT molecular complexity index is 7.61. The summed E-state index contributed by atoms with van der Waals surface area (Å²) in [6, 6.07) is 0. The molecule has 0 N–H and O–H groups in total. The average molecular weight is 136 g/mol. The van der Waals surface area contributed by atoms with Gasteiger partial charge in [-0.2, -0.15) is 0 Å². The Labute approximate surface area is 75.7 Å². The quantitative estimate of drug-likeness (QED) is 0.296. The fraction of sp³-hybridized carbons (Fsp3) is 0. The van der Waals surface area contributed by atoms with Crippen LogP contribution in [-0.4, -0.2) is 46.1 Å². The van der Waals surface area contributed by atoms with Gasteiger partial charge < -0.3 is 30.3 Å². The summed E-state index contributed by atoms with van der Waals surface area (Å²) in [5.74, 6) is 0. The predicted octanol–water partition coefficient (Wildman–Crippen LogP) is -6.87. The normalized spacial score (nSPS) is 0. The molecular formula is Cl2Mg2O. The summed E-state index contributed by atoms with van der Waals surface area (Å²) >= 11 is 0. The van der Waals surface area contributed by atoms with Crippen LogP contribution in [0.25, 0.3) is 0 Å². The van der Waals surface area contributed by atoms with Crippen LogP contribution in [0, 0.1) is 0 Å². The van der Waals surface area contributed by atoms with E-state index in [9.17, 15) is 0 Å². The van der Waals surface area contributed by atoms with E-state index < -0.39 is 0 Å². The monoisotopic (exact) mass is 134 g/mol. The van der Waals surface area contributed by atoms with Gasteiger partial charge in [0.05, 0.1) is 0 Å². The Kier molecular flexibility index (Phi) is 442. The minimum atomic E-state index is 0. The van der Waals surface area contributed by atoms with Crippen molar-refractivity contribution in [1.82, 2.24) is 0 Å². The Morgan fingerprint density at radius 2 is 0.600 bits per heavy atom. The zero-order chi connectivity index (χ0) is 0. The van der Waals surface area contributed by atoms with Gasteiger partial charge >= 0.3 is 46.1 Å². The number of hydrogen-bond donors (Lipinski definition) is 0. The van der Waals surface area contributed by atoms with Gasteiger partial charge in [-0.3, -0.25) is 0 Å². The van der Waals surface area contributed by atoms with Crippen molar-refractivity contribution in [2.45, 2.75) is 0 Å². The van der Waals surface area contributed by atoms with Gasteiger partial charge in [0.2, 0.25) is 0 Å². The topological polar surface area (TPSA) is 28.5 Å². The van der Waals surface area contributed by atoms with Crippen molar-refractivity contribution in [3.63, 3.8) is 0 Å². The molecule has 0 spiro atoms. The third-order valence-corrected chi connectivity index (χ3v) is 0. The van der Waals surface area contributed by atoms with Gasteiger partial charge in [-0.15, -0.1) is 0 Å². The van der Waals surface area contributed by atoms with Gasteiger partial charge in [0, 0.05) is 0 Å². The van der Waals surface area contributed by atoms with Gasteiger partial charge in [0.1, 0.15) is 0 Å². The molecule has 0 saturated heterocycles. The molecule has 0 amide bonds. The van der Waals surface area contributed by atoms with Crippen molar-refractivity contribution in [3.05, 3.63) is 0 Å². The summed E-state index contributed by atoms with van der Waals surface area (Å²) in [6.45, 7) is 0. The second-order valence-electron chi connectivity index (χ2n) is 0. The molecule has 0 aromatic heterocycles. The van der Waals surface area contributed by atoms with Crippen LogP contribution in [-0.2, 0) is 5.48 Å². The Morgan fingerprint density at radius 3 is 0.600 bits per heavy atom. The van der Waals surface area contributed by atoms with E-state index in [1.54, 1.807) is 0 Å². The third kappa shape index (κ3) is 23.4. The van der Waals surface area contributed by atoms with Crippen LogP contribution in [0.3, 0.4) is 0 Å². The fourth-order valence-electron chi connectivity index (χ4n) is 0. The summed E-state index contributed by atoms with van der Waals surface area (Å²) in [5, 5.41) is 0. The maximum absolute atomic E-state index is 0. The van der Waals surface area contributed by atoms with Crippen molar-refractivity contribution >= 4 is 46.1 Å². The maximum atomic E-state index is 0. The van der Waals surface area contributed by atoms with Crippen molar-refractivity contribution in [1.29, 1.82) is 0 Å². The van der Waals surface area contributed by atoms with Crippen LogP contribution in [0.5, 0.6) is 0 Å². The molecule has 0 atom stereocenters. The maximum Gasteiger partial charge on any atom is 2.00 e. The molecule has 0 aliphatic heterocycles. The van der Waals surface area contributed by atoms with E-state index in [4.69, 9.17) is 0 Å². The molecule has 5 heavy (non-hydrogen) atoms. The molecule has 0 heterocycles. The van der Waals surface area contributed by atoms with Crippen LogP contribution in [0.1, 0.15) is 0 Å².